The van der Waals surface area contributed by atoms with Gasteiger partial charge in [0.15, 0.2) is 12.1 Å². The monoisotopic (exact) mass is 548 g/mol. The molecule has 5 fully saturated rings. The van der Waals surface area contributed by atoms with Crippen LogP contribution >= 0.6 is 0 Å². The molecule has 3 N–H and O–H groups in total. The molecule has 9 nitrogen and oxygen atoms in total. The topological polar surface area (TPSA) is 132 Å². The van der Waals surface area contributed by atoms with E-state index in [0.717, 1.165) is 37.7 Å². The number of hydrogen-bond donors (Lipinski definition) is 3. The third kappa shape index (κ3) is 3.94. The molecule has 0 aromatic heterocycles. The maximum absolute atomic E-state index is 14.1. The average Bonchev–Trinajstić information content (AvgIpc) is 3.45. The summed E-state index contributed by atoms with van der Waals surface area (Å²) < 4.78 is 22.9. The number of hydrogen-bond acceptors (Lipinski definition) is 9. The zero-order valence-corrected chi connectivity index (χ0v) is 23.5. The summed E-state index contributed by atoms with van der Waals surface area (Å²) in [6, 6.07) is 0. The van der Waals surface area contributed by atoms with Gasteiger partial charge in [-0.1, -0.05) is 13.8 Å². The second-order valence-corrected chi connectivity index (χ2v) is 13.6. The van der Waals surface area contributed by atoms with E-state index < -0.39 is 41.4 Å². The molecular weight excluding hydrogens is 504 g/mol. The molecule has 0 amide bonds. The van der Waals surface area contributed by atoms with Gasteiger partial charge in [-0.05, 0) is 80.6 Å². The van der Waals surface area contributed by atoms with Crippen molar-refractivity contribution < 1.29 is 43.9 Å². The number of rotatable bonds is 4. The summed E-state index contributed by atoms with van der Waals surface area (Å²) in [5, 5.41) is 34.3. The van der Waals surface area contributed by atoms with Crippen molar-refractivity contribution in [2.45, 2.75) is 115 Å². The molecule has 0 radical (unpaired) electrons. The third-order valence-electron chi connectivity index (χ3n) is 12.1. The number of esters is 1. The van der Waals surface area contributed by atoms with E-state index in [1.807, 2.05) is 13.8 Å². The Labute approximate surface area is 230 Å². The summed E-state index contributed by atoms with van der Waals surface area (Å²) in [4.78, 5) is 25.9. The first kappa shape index (κ1) is 27.8. The minimum absolute atomic E-state index is 0.0238. The van der Waals surface area contributed by atoms with Gasteiger partial charge in [0.2, 0.25) is 0 Å². The molecule has 0 spiro atoms. The average molecular weight is 549 g/mol. The van der Waals surface area contributed by atoms with Gasteiger partial charge in [0.25, 0.3) is 0 Å². The standard InChI is InChI=1S/C30H44O9/c1-15-25(32)21(36-4)13-23(38-15)39-18-7-9-28(2)17(12-18)5-6-20-24(28)26(33)27(34)29(3)19(8-10-30(20,29)35)16-11-22(31)37-14-16/h11,15,17-21,23-25,27,32,34-35H,5-10,12-14H2,1-4H3/t15-,17-,18+,19?,20?,21-,23+,24?,25+,27+,28+,29+,30+/m1/s1. The van der Waals surface area contributed by atoms with E-state index in [-0.39, 0.29) is 53.9 Å². The lowest BCUT2D eigenvalue weighted by Crippen LogP contribution is -2.70. The van der Waals surface area contributed by atoms with Gasteiger partial charge in [0.05, 0.1) is 23.9 Å². The number of fused-ring (bicyclic) bond motifs is 5. The predicted molar refractivity (Wildman–Crippen MR) is 138 cm³/mol. The number of methoxy groups -OCH3 is 1. The van der Waals surface area contributed by atoms with Gasteiger partial charge in [-0.15, -0.1) is 0 Å². The predicted octanol–water partition coefficient (Wildman–Crippen LogP) is 2.29. The Bertz CT molecular complexity index is 1040. The normalized spacial score (nSPS) is 53.5. The van der Waals surface area contributed by atoms with Gasteiger partial charge >= 0.3 is 5.97 Å². The van der Waals surface area contributed by atoms with E-state index in [1.54, 1.807) is 7.11 Å². The van der Waals surface area contributed by atoms with Gasteiger partial charge in [-0.2, -0.15) is 0 Å². The molecule has 0 aromatic rings. The van der Waals surface area contributed by atoms with E-state index in [1.165, 1.54) is 6.08 Å². The molecule has 13 atom stereocenters. The van der Waals surface area contributed by atoms with E-state index >= 15 is 0 Å². The number of Topliss-reactive ketones (excluding diaryl/α,β-unsaturated/α-hetero) is 1. The first-order valence-electron chi connectivity index (χ1n) is 14.8. The molecule has 0 bridgehead atoms. The van der Waals surface area contributed by atoms with Crippen molar-refractivity contribution in [2.75, 3.05) is 13.7 Å². The van der Waals surface area contributed by atoms with Crippen LogP contribution in [0.25, 0.3) is 0 Å². The summed E-state index contributed by atoms with van der Waals surface area (Å²) in [5.41, 5.74) is -1.80. The number of aliphatic hydroxyl groups excluding tert-OH is 2. The summed E-state index contributed by atoms with van der Waals surface area (Å²) in [6.07, 6.45) is 3.83. The van der Waals surface area contributed by atoms with Crippen LogP contribution in [-0.2, 0) is 28.5 Å². The highest BCUT2D eigenvalue weighted by Gasteiger charge is 2.73. The highest BCUT2D eigenvalue weighted by Crippen LogP contribution is 2.69. The first-order chi connectivity index (χ1) is 18.4. The van der Waals surface area contributed by atoms with Gasteiger partial charge in [-0.25, -0.2) is 4.79 Å². The molecule has 218 valence electrons. The highest BCUT2D eigenvalue weighted by atomic mass is 16.7. The summed E-state index contributed by atoms with van der Waals surface area (Å²) in [7, 11) is 1.59. The van der Waals surface area contributed by atoms with Crippen LogP contribution in [0.15, 0.2) is 11.6 Å². The lowest BCUT2D eigenvalue weighted by atomic mass is 9.42. The second kappa shape index (κ2) is 9.60. The van der Waals surface area contributed by atoms with Crippen molar-refractivity contribution >= 4 is 11.8 Å². The highest BCUT2D eigenvalue weighted by molar-refractivity contribution is 5.90. The Hall–Kier alpha value is -1.36. The fourth-order valence-corrected chi connectivity index (χ4v) is 9.82. The molecule has 3 unspecified atom stereocenters. The molecule has 9 heteroatoms. The summed E-state index contributed by atoms with van der Waals surface area (Å²) >= 11 is 0. The van der Waals surface area contributed by atoms with Gasteiger partial charge < -0.3 is 34.3 Å². The maximum atomic E-state index is 14.1. The van der Waals surface area contributed by atoms with Crippen LogP contribution in [0.1, 0.15) is 72.1 Å². The SMILES string of the molecule is CO[C@@H]1C[C@H](O[C@H]2CC[C@]3(C)C4C(=O)[C@H](O)[C@]5(C)C(C6=CC(=O)OC6)CC[C@]5(O)C4CC[C@@H]3C2)O[C@H](C)[C@@H]1O. The fourth-order valence-electron chi connectivity index (χ4n) is 9.82. The lowest BCUT2D eigenvalue weighted by molar-refractivity contribution is -0.274. The molecule has 1 saturated heterocycles. The number of carbonyl (C=O) groups excluding carboxylic acids is 2. The van der Waals surface area contributed by atoms with Gasteiger partial charge in [0, 0.05) is 30.9 Å². The Morgan fingerprint density at radius 3 is 2.51 bits per heavy atom. The molecule has 4 saturated carbocycles. The van der Waals surface area contributed by atoms with Crippen molar-refractivity contribution in [3.63, 3.8) is 0 Å². The van der Waals surface area contributed by atoms with Crippen LogP contribution in [0.3, 0.4) is 0 Å². The van der Waals surface area contributed by atoms with Crippen LogP contribution in [0, 0.1) is 34.5 Å². The quantitative estimate of drug-likeness (QED) is 0.358. The second-order valence-electron chi connectivity index (χ2n) is 13.6. The van der Waals surface area contributed by atoms with Crippen LogP contribution in [0.5, 0.6) is 0 Å². The summed E-state index contributed by atoms with van der Waals surface area (Å²) in [5.74, 6) is -1.24. The lowest BCUT2D eigenvalue weighted by Gasteiger charge is -2.64. The molecule has 2 heterocycles. The van der Waals surface area contributed by atoms with E-state index in [4.69, 9.17) is 18.9 Å². The van der Waals surface area contributed by atoms with Gasteiger partial charge in [0.1, 0.15) is 18.8 Å². The van der Waals surface area contributed by atoms with E-state index in [2.05, 4.69) is 6.92 Å². The molecule has 4 aliphatic carbocycles. The number of cyclic esters (lactones) is 1. The zero-order valence-electron chi connectivity index (χ0n) is 23.5. The van der Waals surface area contributed by atoms with Crippen molar-refractivity contribution in [1.29, 1.82) is 0 Å². The van der Waals surface area contributed by atoms with Crippen molar-refractivity contribution in [2.24, 2.45) is 34.5 Å². The maximum Gasteiger partial charge on any atom is 0.331 e. The number of ether oxygens (including phenoxy) is 4. The number of carbonyl (C=O) groups is 2. The minimum atomic E-state index is -1.30. The Kier molecular flexibility index (Phi) is 6.84. The zero-order chi connectivity index (χ0) is 27.9. The molecule has 6 aliphatic rings. The Morgan fingerprint density at radius 1 is 1.05 bits per heavy atom. The molecular formula is C30H44O9. The van der Waals surface area contributed by atoms with E-state index in [0.29, 0.717) is 19.3 Å². The molecule has 2 aliphatic heterocycles. The Morgan fingerprint density at radius 2 is 1.82 bits per heavy atom. The van der Waals surface area contributed by atoms with Crippen LogP contribution in [-0.4, -0.2) is 83.2 Å². The first-order valence-corrected chi connectivity index (χ1v) is 14.8. The molecule has 39 heavy (non-hydrogen) atoms. The van der Waals surface area contributed by atoms with E-state index in [9.17, 15) is 24.9 Å². The van der Waals surface area contributed by atoms with Crippen molar-refractivity contribution in [3.8, 4) is 0 Å². The Balaban J connectivity index is 1.21. The van der Waals surface area contributed by atoms with Gasteiger partial charge in [-0.3, -0.25) is 4.79 Å². The number of ketones is 1. The summed E-state index contributed by atoms with van der Waals surface area (Å²) in [6.45, 7) is 6.02. The number of aliphatic hydroxyl groups is 3. The molecule has 0 aromatic carbocycles. The van der Waals surface area contributed by atoms with Crippen molar-refractivity contribution in [1.82, 2.24) is 0 Å². The third-order valence-corrected chi connectivity index (χ3v) is 12.1. The van der Waals surface area contributed by atoms with Crippen LogP contribution in [0.2, 0.25) is 0 Å². The molecule has 6 rings (SSSR count). The smallest absolute Gasteiger partial charge is 0.331 e. The minimum Gasteiger partial charge on any atom is -0.458 e. The van der Waals surface area contributed by atoms with Crippen LogP contribution in [0.4, 0.5) is 0 Å². The van der Waals surface area contributed by atoms with Crippen LogP contribution < -0.4 is 0 Å². The fraction of sp³-hybridized carbons (Fsp3) is 0.867. The van der Waals surface area contributed by atoms with Crippen molar-refractivity contribution in [3.05, 3.63) is 11.6 Å². The largest absolute Gasteiger partial charge is 0.458 e.